The van der Waals surface area contributed by atoms with Crippen LogP contribution in [-0.2, 0) is 0 Å². The van der Waals surface area contributed by atoms with Crippen LogP contribution >= 0.6 is 0 Å². The van der Waals surface area contributed by atoms with E-state index in [1.54, 1.807) is 0 Å². The zero-order valence-corrected chi connectivity index (χ0v) is 7.74. The van der Waals surface area contributed by atoms with E-state index in [0.29, 0.717) is 0 Å². The zero-order valence-electron chi connectivity index (χ0n) is 7.74. The Morgan fingerprint density at radius 2 is 1.50 bits per heavy atom. The number of rotatable bonds is 0. The highest BCUT2D eigenvalue weighted by atomic mass is 16.2. The van der Waals surface area contributed by atoms with E-state index in [-0.39, 0.29) is 0 Å². The van der Waals surface area contributed by atoms with Gasteiger partial charge in [-0.1, -0.05) is 18.6 Å². The molecule has 3 rings (SSSR count). The normalized spacial score (nSPS) is 47.2. The highest BCUT2D eigenvalue weighted by Gasteiger charge is 2.46. The molecule has 1 N–H and O–H groups in total. The molecule has 0 amide bonds. The van der Waals surface area contributed by atoms with Crippen LogP contribution in [0.15, 0.2) is 12.2 Å². The molecule has 2 saturated carbocycles. The number of aliphatic hydroxyl groups is 1. The summed E-state index contributed by atoms with van der Waals surface area (Å²) >= 11 is 0. The molecule has 1 nitrogen and oxygen atoms in total. The highest BCUT2D eigenvalue weighted by Crippen LogP contribution is 2.55. The topological polar surface area (TPSA) is 20.2 Å². The van der Waals surface area contributed by atoms with Gasteiger partial charge in [-0.15, -0.1) is 0 Å². The minimum absolute atomic E-state index is 1.00. The molecule has 0 radical (unpaired) electrons. The summed E-state index contributed by atoms with van der Waals surface area (Å²) in [7, 11) is 1.00. The van der Waals surface area contributed by atoms with Crippen LogP contribution in [0.3, 0.4) is 0 Å². The zero-order chi connectivity index (χ0) is 8.55. The van der Waals surface area contributed by atoms with Crippen molar-refractivity contribution in [3.63, 3.8) is 0 Å². The fourth-order valence-corrected chi connectivity index (χ4v) is 3.47. The molecule has 4 unspecified atom stereocenters. The van der Waals surface area contributed by atoms with Crippen molar-refractivity contribution in [2.24, 2.45) is 23.7 Å². The maximum absolute atomic E-state index is 7.00. The van der Waals surface area contributed by atoms with E-state index in [1.807, 2.05) is 0 Å². The smallest absolute Gasteiger partial charge is 0.0319 e. The van der Waals surface area contributed by atoms with Crippen molar-refractivity contribution in [1.29, 1.82) is 0 Å². The number of allylic oxidation sites excluding steroid dienone is 2. The Morgan fingerprint density at radius 1 is 1.00 bits per heavy atom. The number of aliphatic hydroxyl groups excluding tert-OH is 1. The summed E-state index contributed by atoms with van der Waals surface area (Å²) in [4.78, 5) is 0. The summed E-state index contributed by atoms with van der Waals surface area (Å²) in [6.07, 6.45) is 11.1. The van der Waals surface area contributed by atoms with Crippen molar-refractivity contribution in [2.75, 3.05) is 7.11 Å². The molecule has 0 aromatic heterocycles. The first-order valence-electron chi connectivity index (χ1n) is 5.08. The standard InChI is InChI=1S/C10H14.CH4O/c1-2-9-7-4-5-8(6-7)10(9)3-1;1-2/h4-5,7-10H,1-3,6H2;2H,1H3. The lowest BCUT2D eigenvalue weighted by atomic mass is 9.86. The van der Waals surface area contributed by atoms with E-state index in [9.17, 15) is 0 Å². The van der Waals surface area contributed by atoms with Gasteiger partial charge in [0.2, 0.25) is 0 Å². The number of hydrogen-bond acceptors (Lipinski definition) is 1. The van der Waals surface area contributed by atoms with Crippen LogP contribution in [0.5, 0.6) is 0 Å². The maximum Gasteiger partial charge on any atom is 0.0319 e. The van der Waals surface area contributed by atoms with Crippen molar-refractivity contribution in [2.45, 2.75) is 25.7 Å². The van der Waals surface area contributed by atoms with Gasteiger partial charge in [-0.05, 0) is 42.9 Å². The molecule has 1 heteroatoms. The quantitative estimate of drug-likeness (QED) is 0.547. The molecular weight excluding hydrogens is 148 g/mol. The van der Waals surface area contributed by atoms with Gasteiger partial charge in [0.05, 0.1) is 0 Å². The lowest BCUT2D eigenvalue weighted by Crippen LogP contribution is -2.12. The summed E-state index contributed by atoms with van der Waals surface area (Å²) in [5.41, 5.74) is 0. The van der Waals surface area contributed by atoms with E-state index in [2.05, 4.69) is 12.2 Å². The Morgan fingerprint density at radius 3 is 2.00 bits per heavy atom. The van der Waals surface area contributed by atoms with E-state index in [4.69, 9.17) is 5.11 Å². The van der Waals surface area contributed by atoms with Gasteiger partial charge in [0.25, 0.3) is 0 Å². The largest absolute Gasteiger partial charge is 0.400 e. The SMILES string of the molecule is C1=CC2CC1C1CCCC21.CO. The Kier molecular flexibility index (Phi) is 2.22. The van der Waals surface area contributed by atoms with Gasteiger partial charge in [0.1, 0.15) is 0 Å². The van der Waals surface area contributed by atoms with E-state index >= 15 is 0 Å². The van der Waals surface area contributed by atoms with Crippen LogP contribution in [0.25, 0.3) is 0 Å². The molecule has 12 heavy (non-hydrogen) atoms. The number of hydrogen-bond donors (Lipinski definition) is 1. The summed E-state index contributed by atoms with van der Waals surface area (Å²) < 4.78 is 0. The van der Waals surface area contributed by atoms with E-state index in [1.165, 1.54) is 25.7 Å². The van der Waals surface area contributed by atoms with Crippen LogP contribution in [-0.4, -0.2) is 12.2 Å². The molecule has 0 spiro atoms. The molecule has 0 aliphatic heterocycles. The third-order valence-corrected chi connectivity index (χ3v) is 3.87. The third kappa shape index (κ3) is 1.03. The minimum Gasteiger partial charge on any atom is -0.400 e. The van der Waals surface area contributed by atoms with E-state index in [0.717, 1.165) is 30.8 Å². The van der Waals surface area contributed by atoms with Gasteiger partial charge in [-0.25, -0.2) is 0 Å². The molecule has 3 aliphatic carbocycles. The van der Waals surface area contributed by atoms with Crippen LogP contribution in [0.4, 0.5) is 0 Å². The van der Waals surface area contributed by atoms with Gasteiger partial charge in [-0.3, -0.25) is 0 Å². The monoisotopic (exact) mass is 166 g/mol. The van der Waals surface area contributed by atoms with Crippen molar-refractivity contribution in [1.82, 2.24) is 0 Å². The molecule has 2 fully saturated rings. The van der Waals surface area contributed by atoms with Gasteiger partial charge in [-0.2, -0.15) is 0 Å². The molecule has 2 bridgehead atoms. The first-order valence-corrected chi connectivity index (χ1v) is 5.08. The summed E-state index contributed by atoms with van der Waals surface area (Å²) in [6, 6.07) is 0. The predicted octanol–water partition coefficient (Wildman–Crippen LogP) is 2.22. The molecule has 0 aromatic rings. The molecule has 68 valence electrons. The summed E-state index contributed by atoms with van der Waals surface area (Å²) in [6.45, 7) is 0. The van der Waals surface area contributed by atoms with Crippen LogP contribution in [0.2, 0.25) is 0 Å². The average Bonchev–Trinajstić information content (AvgIpc) is 2.81. The first-order chi connectivity index (χ1) is 5.95. The van der Waals surface area contributed by atoms with E-state index < -0.39 is 0 Å². The Balaban J connectivity index is 0.000000264. The third-order valence-electron chi connectivity index (χ3n) is 3.87. The molecule has 0 saturated heterocycles. The summed E-state index contributed by atoms with van der Waals surface area (Å²) in [5, 5.41) is 7.00. The minimum atomic E-state index is 1.00. The Bertz CT molecular complexity index is 167. The Hall–Kier alpha value is -0.300. The second-order valence-corrected chi connectivity index (χ2v) is 4.21. The lowest BCUT2D eigenvalue weighted by molar-refractivity contribution is 0.364. The first kappa shape index (κ1) is 8.31. The molecular formula is C11H18O. The highest BCUT2D eigenvalue weighted by molar-refractivity contribution is 5.14. The van der Waals surface area contributed by atoms with Crippen molar-refractivity contribution < 1.29 is 5.11 Å². The predicted molar refractivity (Wildman–Crippen MR) is 49.7 cm³/mol. The molecule has 0 heterocycles. The fraction of sp³-hybridized carbons (Fsp3) is 0.818. The Labute approximate surface area is 74.5 Å². The molecule has 3 aliphatic rings. The van der Waals surface area contributed by atoms with Gasteiger partial charge in [0, 0.05) is 7.11 Å². The molecule has 0 aromatic carbocycles. The van der Waals surface area contributed by atoms with Gasteiger partial charge in [0.15, 0.2) is 0 Å². The second-order valence-electron chi connectivity index (χ2n) is 4.21. The van der Waals surface area contributed by atoms with Crippen molar-refractivity contribution >= 4 is 0 Å². The van der Waals surface area contributed by atoms with Crippen LogP contribution in [0, 0.1) is 23.7 Å². The molecule has 4 atom stereocenters. The lowest BCUT2D eigenvalue weighted by Gasteiger charge is -2.19. The van der Waals surface area contributed by atoms with Crippen LogP contribution < -0.4 is 0 Å². The van der Waals surface area contributed by atoms with Crippen LogP contribution in [0.1, 0.15) is 25.7 Å². The summed E-state index contributed by atoms with van der Waals surface area (Å²) in [5.74, 6) is 4.26. The second kappa shape index (κ2) is 3.21. The van der Waals surface area contributed by atoms with Gasteiger partial charge >= 0.3 is 0 Å². The fourth-order valence-electron chi connectivity index (χ4n) is 3.47. The van der Waals surface area contributed by atoms with Crippen molar-refractivity contribution in [3.05, 3.63) is 12.2 Å². The van der Waals surface area contributed by atoms with Crippen molar-refractivity contribution in [3.8, 4) is 0 Å². The number of fused-ring (bicyclic) bond motifs is 5. The average molecular weight is 166 g/mol. The maximum atomic E-state index is 7.00. The van der Waals surface area contributed by atoms with Gasteiger partial charge < -0.3 is 5.11 Å².